The van der Waals surface area contributed by atoms with E-state index in [-0.39, 0.29) is 24.6 Å². The van der Waals surface area contributed by atoms with Crippen LogP contribution >= 0.6 is 0 Å². The topological polar surface area (TPSA) is 79.5 Å². The van der Waals surface area contributed by atoms with Gasteiger partial charge in [0.2, 0.25) is 0 Å². The lowest BCUT2D eigenvalue weighted by molar-refractivity contribution is -0.123. The molecule has 6 heteroatoms. The summed E-state index contributed by atoms with van der Waals surface area (Å²) in [6.07, 6.45) is 0. The third kappa shape index (κ3) is 6.34. The van der Waals surface area contributed by atoms with Crippen molar-refractivity contribution in [2.24, 2.45) is 0 Å². The molecule has 1 unspecified atom stereocenters. The second-order valence-electron chi connectivity index (χ2n) is 7.37. The largest absolute Gasteiger partial charge is 0.483 e. The fourth-order valence-corrected chi connectivity index (χ4v) is 3.20. The molecule has 0 heterocycles. The Balaban J connectivity index is 1.49. The molecule has 0 spiro atoms. The molecule has 1 atom stereocenters. The lowest BCUT2D eigenvalue weighted by Gasteiger charge is -2.16. The van der Waals surface area contributed by atoms with Gasteiger partial charge in [0, 0.05) is 11.4 Å². The number of urea groups is 1. The first-order valence-electron chi connectivity index (χ1n) is 10.1. The van der Waals surface area contributed by atoms with E-state index in [2.05, 4.69) is 16.0 Å². The van der Waals surface area contributed by atoms with E-state index in [1.807, 2.05) is 81.4 Å². The third-order valence-electron chi connectivity index (χ3n) is 4.83. The highest BCUT2D eigenvalue weighted by atomic mass is 16.5. The van der Waals surface area contributed by atoms with E-state index in [0.29, 0.717) is 5.69 Å². The van der Waals surface area contributed by atoms with Gasteiger partial charge in [-0.2, -0.15) is 0 Å². The molecule has 0 radical (unpaired) electrons. The molecule has 0 aliphatic rings. The van der Waals surface area contributed by atoms with E-state index in [0.717, 1.165) is 28.1 Å². The summed E-state index contributed by atoms with van der Waals surface area (Å²) < 4.78 is 5.71. The summed E-state index contributed by atoms with van der Waals surface area (Å²) in [6, 6.07) is 21.9. The van der Waals surface area contributed by atoms with E-state index in [9.17, 15) is 9.59 Å². The maximum absolute atomic E-state index is 12.3. The van der Waals surface area contributed by atoms with Gasteiger partial charge in [-0.25, -0.2) is 4.79 Å². The van der Waals surface area contributed by atoms with E-state index in [1.54, 1.807) is 12.1 Å². The highest BCUT2D eigenvalue weighted by Crippen LogP contribution is 2.22. The minimum absolute atomic E-state index is 0.0463. The molecule has 0 aliphatic carbocycles. The zero-order valence-corrected chi connectivity index (χ0v) is 17.9. The number of aryl methyl sites for hydroxylation is 2. The number of para-hydroxylation sites is 2. The molecule has 31 heavy (non-hydrogen) atoms. The molecule has 160 valence electrons. The number of hydrogen-bond acceptors (Lipinski definition) is 3. The first kappa shape index (κ1) is 21.9. The van der Waals surface area contributed by atoms with Crippen molar-refractivity contribution in [3.05, 3.63) is 89.5 Å². The average molecular weight is 418 g/mol. The Bertz CT molecular complexity index is 1010. The van der Waals surface area contributed by atoms with Crippen molar-refractivity contribution in [2.45, 2.75) is 26.8 Å². The maximum Gasteiger partial charge on any atom is 0.323 e. The summed E-state index contributed by atoms with van der Waals surface area (Å²) in [5, 5.41) is 8.49. The minimum Gasteiger partial charge on any atom is -0.483 e. The van der Waals surface area contributed by atoms with Crippen LogP contribution in [0.15, 0.2) is 72.8 Å². The van der Waals surface area contributed by atoms with Crippen molar-refractivity contribution in [1.82, 2.24) is 5.32 Å². The van der Waals surface area contributed by atoms with Crippen molar-refractivity contribution in [2.75, 3.05) is 17.2 Å². The van der Waals surface area contributed by atoms with Gasteiger partial charge in [-0.3, -0.25) is 4.79 Å². The normalized spacial score (nSPS) is 11.3. The van der Waals surface area contributed by atoms with Crippen LogP contribution in [-0.4, -0.2) is 18.5 Å². The van der Waals surface area contributed by atoms with Crippen molar-refractivity contribution in [3.8, 4) is 5.75 Å². The SMILES string of the molecule is Cc1cccc(C)c1OCC(=O)NC(C)c1ccc(NC(=O)Nc2ccccc2)cc1. The third-order valence-corrected chi connectivity index (χ3v) is 4.83. The molecule has 3 N–H and O–H groups in total. The van der Waals surface area contributed by atoms with Gasteiger partial charge < -0.3 is 20.7 Å². The van der Waals surface area contributed by atoms with E-state index < -0.39 is 0 Å². The standard InChI is InChI=1S/C25H27N3O3/c1-17-8-7-9-18(2)24(17)31-16-23(29)26-19(3)20-12-14-22(15-13-20)28-25(30)27-21-10-5-4-6-11-21/h4-15,19H,16H2,1-3H3,(H,26,29)(H2,27,28,30). The molecular weight excluding hydrogens is 390 g/mol. The molecule has 0 bridgehead atoms. The minimum atomic E-state index is -0.316. The summed E-state index contributed by atoms with van der Waals surface area (Å²) in [5.74, 6) is 0.550. The molecule has 0 aromatic heterocycles. The quantitative estimate of drug-likeness (QED) is 0.494. The molecule has 3 aromatic carbocycles. The summed E-state index contributed by atoms with van der Waals surface area (Å²) in [7, 11) is 0. The number of nitrogens with one attached hydrogen (secondary N) is 3. The van der Waals surface area contributed by atoms with Crippen molar-refractivity contribution < 1.29 is 14.3 Å². The Morgan fingerprint density at radius 2 is 1.39 bits per heavy atom. The first-order chi connectivity index (χ1) is 14.9. The van der Waals surface area contributed by atoms with E-state index >= 15 is 0 Å². The second-order valence-corrected chi connectivity index (χ2v) is 7.37. The molecule has 0 aliphatic heterocycles. The molecule has 3 rings (SSSR count). The fourth-order valence-electron chi connectivity index (χ4n) is 3.20. The van der Waals surface area contributed by atoms with Gasteiger partial charge in [-0.15, -0.1) is 0 Å². The number of carbonyl (C=O) groups is 2. The number of rotatable bonds is 7. The van der Waals surface area contributed by atoms with Crippen LogP contribution in [0.2, 0.25) is 0 Å². The van der Waals surface area contributed by atoms with Gasteiger partial charge in [0.05, 0.1) is 6.04 Å². The summed E-state index contributed by atoms with van der Waals surface area (Å²) >= 11 is 0. The molecular formula is C25H27N3O3. The molecule has 6 nitrogen and oxygen atoms in total. The van der Waals surface area contributed by atoms with Crippen LogP contribution in [0.3, 0.4) is 0 Å². The van der Waals surface area contributed by atoms with E-state index in [1.165, 1.54) is 0 Å². The van der Waals surface area contributed by atoms with E-state index in [4.69, 9.17) is 4.74 Å². The average Bonchev–Trinajstić information content (AvgIpc) is 2.74. The van der Waals surface area contributed by atoms with Crippen LogP contribution < -0.4 is 20.7 Å². The number of hydrogen-bond donors (Lipinski definition) is 3. The molecule has 0 saturated heterocycles. The summed E-state index contributed by atoms with van der Waals surface area (Å²) in [6.45, 7) is 5.77. The van der Waals surface area contributed by atoms with Gasteiger partial charge in [0.1, 0.15) is 5.75 Å². The Morgan fingerprint density at radius 3 is 2.00 bits per heavy atom. The summed E-state index contributed by atoms with van der Waals surface area (Å²) in [4.78, 5) is 24.4. The lowest BCUT2D eigenvalue weighted by Crippen LogP contribution is -2.31. The zero-order chi connectivity index (χ0) is 22.2. The van der Waals surface area contributed by atoms with Gasteiger partial charge in [0.15, 0.2) is 6.61 Å². The second kappa shape index (κ2) is 10.3. The molecule has 3 aromatic rings. The Hall–Kier alpha value is -3.80. The van der Waals surface area contributed by atoms with Gasteiger partial charge in [-0.1, -0.05) is 48.5 Å². The number of carbonyl (C=O) groups excluding carboxylic acids is 2. The molecule has 0 saturated carbocycles. The summed E-state index contributed by atoms with van der Waals surface area (Å²) in [5.41, 5.74) is 4.31. The van der Waals surface area contributed by atoms with Crippen molar-refractivity contribution in [3.63, 3.8) is 0 Å². The van der Waals surface area contributed by atoms with Crippen molar-refractivity contribution in [1.29, 1.82) is 0 Å². The van der Waals surface area contributed by atoms with Crippen molar-refractivity contribution >= 4 is 23.3 Å². The number of ether oxygens (including phenoxy) is 1. The van der Waals surface area contributed by atoms with Crippen LogP contribution in [0.5, 0.6) is 5.75 Å². The Kier molecular flexibility index (Phi) is 7.27. The lowest BCUT2D eigenvalue weighted by atomic mass is 10.1. The number of amides is 3. The van der Waals surface area contributed by atoms with Crippen LogP contribution in [0, 0.1) is 13.8 Å². The van der Waals surface area contributed by atoms with Gasteiger partial charge in [0.25, 0.3) is 5.91 Å². The number of benzene rings is 3. The monoisotopic (exact) mass is 417 g/mol. The van der Waals surface area contributed by atoms with Crippen LogP contribution in [0.4, 0.5) is 16.2 Å². The number of anilines is 2. The first-order valence-corrected chi connectivity index (χ1v) is 10.1. The molecule has 0 fully saturated rings. The van der Waals surface area contributed by atoms with Gasteiger partial charge in [-0.05, 0) is 61.7 Å². The molecule has 3 amide bonds. The highest BCUT2D eigenvalue weighted by Gasteiger charge is 2.12. The predicted octanol–water partition coefficient (Wildman–Crippen LogP) is 5.20. The maximum atomic E-state index is 12.3. The highest BCUT2D eigenvalue weighted by molar-refractivity contribution is 5.99. The van der Waals surface area contributed by atoms with Gasteiger partial charge >= 0.3 is 6.03 Å². The Morgan fingerprint density at radius 1 is 0.806 bits per heavy atom. The predicted molar refractivity (Wildman–Crippen MR) is 123 cm³/mol. The van der Waals surface area contributed by atoms with Crippen LogP contribution in [0.1, 0.15) is 29.7 Å². The van der Waals surface area contributed by atoms with Crippen LogP contribution in [0.25, 0.3) is 0 Å². The Labute approximate surface area is 182 Å². The van der Waals surface area contributed by atoms with Crippen LogP contribution in [-0.2, 0) is 4.79 Å². The smallest absolute Gasteiger partial charge is 0.323 e. The fraction of sp³-hybridized carbons (Fsp3) is 0.200. The zero-order valence-electron chi connectivity index (χ0n) is 17.9.